The maximum absolute atomic E-state index is 11.8. The summed E-state index contributed by atoms with van der Waals surface area (Å²) in [6.07, 6.45) is 5.62. The van der Waals surface area contributed by atoms with Crippen molar-refractivity contribution in [1.29, 1.82) is 0 Å². The van der Waals surface area contributed by atoms with Gasteiger partial charge in [-0.3, -0.25) is 4.79 Å². The highest BCUT2D eigenvalue weighted by Gasteiger charge is 2.18. The molecule has 2 nitrogen and oxygen atoms in total. The van der Waals surface area contributed by atoms with Crippen LogP contribution in [0.25, 0.3) is 0 Å². The fourth-order valence-electron chi connectivity index (χ4n) is 1.91. The first-order valence-electron chi connectivity index (χ1n) is 5.54. The van der Waals surface area contributed by atoms with Crippen LogP contribution in [0.2, 0.25) is 0 Å². The third-order valence-corrected chi connectivity index (χ3v) is 2.90. The van der Waals surface area contributed by atoms with Crippen LogP contribution in [0.1, 0.15) is 39.5 Å². The molecule has 0 saturated carbocycles. The van der Waals surface area contributed by atoms with Gasteiger partial charge in [0, 0.05) is 19.6 Å². The maximum Gasteiger partial charge on any atom is 0.158 e. The fraction of sp³-hybridized carbons (Fsp3) is 0.750. The molecule has 2 heteroatoms. The molecular formula is C12H20O2. The molecule has 0 amide bonds. The molecule has 1 fully saturated rings. The predicted octanol–water partition coefficient (Wildman–Crippen LogP) is 2.73. The first-order chi connectivity index (χ1) is 6.77. The van der Waals surface area contributed by atoms with Crippen molar-refractivity contribution in [2.45, 2.75) is 39.5 Å². The van der Waals surface area contributed by atoms with Gasteiger partial charge in [0.05, 0.1) is 0 Å². The third-order valence-electron chi connectivity index (χ3n) is 2.90. The van der Waals surface area contributed by atoms with Crippen LogP contribution in [0, 0.1) is 5.92 Å². The van der Waals surface area contributed by atoms with Gasteiger partial charge in [-0.1, -0.05) is 13.0 Å². The van der Waals surface area contributed by atoms with Crippen molar-refractivity contribution < 1.29 is 9.53 Å². The predicted molar refractivity (Wildman–Crippen MR) is 57.2 cm³/mol. The Hall–Kier alpha value is -0.630. The quantitative estimate of drug-likeness (QED) is 0.646. The number of carbonyl (C=O) groups is 1. The van der Waals surface area contributed by atoms with E-state index in [0.717, 1.165) is 44.5 Å². The van der Waals surface area contributed by atoms with Crippen LogP contribution in [0.4, 0.5) is 0 Å². The highest BCUT2D eigenvalue weighted by molar-refractivity contribution is 5.95. The molecule has 0 spiro atoms. The molecule has 0 radical (unpaired) electrons. The van der Waals surface area contributed by atoms with Crippen molar-refractivity contribution in [3.63, 3.8) is 0 Å². The highest BCUT2D eigenvalue weighted by atomic mass is 16.5. The molecule has 0 aromatic rings. The maximum atomic E-state index is 11.8. The molecule has 0 unspecified atom stereocenters. The van der Waals surface area contributed by atoms with E-state index in [-0.39, 0.29) is 0 Å². The monoisotopic (exact) mass is 196 g/mol. The summed E-state index contributed by atoms with van der Waals surface area (Å²) in [5.41, 5.74) is 0.983. The minimum Gasteiger partial charge on any atom is -0.381 e. The van der Waals surface area contributed by atoms with E-state index in [4.69, 9.17) is 4.74 Å². The lowest BCUT2D eigenvalue weighted by Gasteiger charge is -2.21. The number of Topliss-reactive ketones (excluding diaryl/α,β-unsaturated/α-hetero) is 1. The van der Waals surface area contributed by atoms with E-state index in [1.807, 2.05) is 19.9 Å². The molecule has 0 bridgehead atoms. The second-order valence-corrected chi connectivity index (χ2v) is 3.85. The summed E-state index contributed by atoms with van der Waals surface area (Å²) in [7, 11) is 0. The zero-order valence-electron chi connectivity index (χ0n) is 9.21. The minimum absolute atomic E-state index is 0.335. The third kappa shape index (κ3) is 3.26. The van der Waals surface area contributed by atoms with E-state index < -0.39 is 0 Å². The molecular weight excluding hydrogens is 176 g/mol. The lowest BCUT2D eigenvalue weighted by molar-refractivity contribution is -0.117. The van der Waals surface area contributed by atoms with Gasteiger partial charge in [0.15, 0.2) is 5.78 Å². The molecule has 14 heavy (non-hydrogen) atoms. The molecule has 0 aromatic heterocycles. The van der Waals surface area contributed by atoms with Crippen LogP contribution < -0.4 is 0 Å². The average molecular weight is 196 g/mol. The first kappa shape index (κ1) is 11.4. The van der Waals surface area contributed by atoms with Gasteiger partial charge in [-0.2, -0.15) is 0 Å². The summed E-state index contributed by atoms with van der Waals surface area (Å²) >= 11 is 0. The molecule has 1 rings (SSSR count). The number of hydrogen-bond donors (Lipinski definition) is 0. The van der Waals surface area contributed by atoms with Crippen LogP contribution in [-0.2, 0) is 9.53 Å². The number of ketones is 1. The Morgan fingerprint density at radius 2 is 2.07 bits per heavy atom. The van der Waals surface area contributed by atoms with Crippen LogP contribution in [0.5, 0.6) is 0 Å². The molecule has 1 saturated heterocycles. The van der Waals surface area contributed by atoms with Crippen molar-refractivity contribution in [1.82, 2.24) is 0 Å². The van der Waals surface area contributed by atoms with Gasteiger partial charge in [-0.15, -0.1) is 0 Å². The number of ether oxygens (including phenoxy) is 1. The van der Waals surface area contributed by atoms with Gasteiger partial charge in [0.1, 0.15) is 0 Å². The Labute approximate surface area is 86.3 Å². The summed E-state index contributed by atoms with van der Waals surface area (Å²) in [6.45, 7) is 5.64. The Morgan fingerprint density at radius 1 is 1.43 bits per heavy atom. The number of allylic oxidation sites excluding steroid dienone is 2. The van der Waals surface area contributed by atoms with E-state index in [1.54, 1.807) is 0 Å². The van der Waals surface area contributed by atoms with Gasteiger partial charge in [0.2, 0.25) is 0 Å². The largest absolute Gasteiger partial charge is 0.381 e. The lowest BCUT2D eigenvalue weighted by Crippen LogP contribution is -2.19. The van der Waals surface area contributed by atoms with Gasteiger partial charge >= 0.3 is 0 Å². The molecule has 1 aliphatic rings. The number of rotatable bonds is 4. The van der Waals surface area contributed by atoms with Crippen molar-refractivity contribution in [3.05, 3.63) is 11.6 Å². The summed E-state index contributed by atoms with van der Waals surface area (Å²) < 4.78 is 5.27. The second kappa shape index (κ2) is 5.97. The van der Waals surface area contributed by atoms with Gasteiger partial charge in [-0.05, 0) is 37.7 Å². The zero-order valence-corrected chi connectivity index (χ0v) is 9.21. The average Bonchev–Trinajstić information content (AvgIpc) is 2.21. The first-order valence-corrected chi connectivity index (χ1v) is 5.54. The summed E-state index contributed by atoms with van der Waals surface area (Å²) in [5, 5.41) is 0. The fourth-order valence-corrected chi connectivity index (χ4v) is 1.91. The van der Waals surface area contributed by atoms with Crippen molar-refractivity contribution >= 4 is 5.78 Å². The zero-order chi connectivity index (χ0) is 10.4. The highest BCUT2D eigenvalue weighted by Crippen LogP contribution is 2.21. The summed E-state index contributed by atoms with van der Waals surface area (Å²) in [6, 6.07) is 0. The Balaban J connectivity index is 2.38. The molecule has 0 N–H and O–H groups in total. The SMILES string of the molecule is CC=C(CC)C(=O)CC1CCOCC1. The van der Waals surface area contributed by atoms with Crippen LogP contribution in [0.15, 0.2) is 11.6 Å². The summed E-state index contributed by atoms with van der Waals surface area (Å²) in [5.74, 6) is 0.889. The standard InChI is InChI=1S/C12H20O2/c1-3-11(4-2)12(13)9-10-5-7-14-8-6-10/h3,10H,4-9H2,1-2H3. The smallest absolute Gasteiger partial charge is 0.158 e. The molecule has 1 aliphatic heterocycles. The van der Waals surface area contributed by atoms with E-state index in [9.17, 15) is 4.79 Å². The van der Waals surface area contributed by atoms with E-state index in [2.05, 4.69) is 0 Å². The van der Waals surface area contributed by atoms with Gasteiger partial charge < -0.3 is 4.74 Å². The molecule has 1 heterocycles. The van der Waals surface area contributed by atoms with Crippen molar-refractivity contribution in [3.8, 4) is 0 Å². The van der Waals surface area contributed by atoms with Crippen LogP contribution >= 0.6 is 0 Å². The van der Waals surface area contributed by atoms with Crippen LogP contribution in [0.3, 0.4) is 0 Å². The Bertz CT molecular complexity index is 212. The normalized spacial score (nSPS) is 19.7. The Kier molecular flexibility index (Phi) is 4.88. The lowest BCUT2D eigenvalue weighted by atomic mass is 9.91. The van der Waals surface area contributed by atoms with Crippen LogP contribution in [-0.4, -0.2) is 19.0 Å². The number of carbonyl (C=O) groups excluding carboxylic acids is 1. The molecule has 0 atom stereocenters. The second-order valence-electron chi connectivity index (χ2n) is 3.85. The molecule has 0 aliphatic carbocycles. The van der Waals surface area contributed by atoms with E-state index >= 15 is 0 Å². The summed E-state index contributed by atoms with van der Waals surface area (Å²) in [4.78, 5) is 11.8. The number of hydrogen-bond acceptors (Lipinski definition) is 2. The van der Waals surface area contributed by atoms with E-state index in [0.29, 0.717) is 11.7 Å². The topological polar surface area (TPSA) is 26.3 Å². The van der Waals surface area contributed by atoms with E-state index in [1.165, 1.54) is 0 Å². The Morgan fingerprint density at radius 3 is 2.57 bits per heavy atom. The van der Waals surface area contributed by atoms with Gasteiger partial charge in [0.25, 0.3) is 0 Å². The van der Waals surface area contributed by atoms with Crippen molar-refractivity contribution in [2.75, 3.05) is 13.2 Å². The van der Waals surface area contributed by atoms with Crippen molar-refractivity contribution in [2.24, 2.45) is 5.92 Å². The van der Waals surface area contributed by atoms with Gasteiger partial charge in [-0.25, -0.2) is 0 Å². The molecule has 80 valence electrons. The molecule has 0 aromatic carbocycles. The minimum atomic E-state index is 0.335.